The van der Waals surface area contributed by atoms with Crippen molar-refractivity contribution in [3.05, 3.63) is 47.5 Å². The number of fused-ring (bicyclic) bond motifs is 1. The lowest BCUT2D eigenvalue weighted by atomic mass is 10.0. The maximum absolute atomic E-state index is 12.9. The molecule has 28 heavy (non-hydrogen) atoms. The molecular formula is C22H29N3O3. The lowest BCUT2D eigenvalue weighted by Crippen LogP contribution is -2.51. The summed E-state index contributed by atoms with van der Waals surface area (Å²) in [7, 11) is 0. The molecule has 0 atom stereocenters. The molecule has 1 aliphatic rings. The van der Waals surface area contributed by atoms with Crippen LogP contribution in [0.25, 0.3) is 10.8 Å². The number of hydrogen-bond acceptors (Lipinski definition) is 4. The molecule has 2 amide bonds. The Balaban J connectivity index is 1.65. The molecule has 3 rings (SSSR count). The maximum Gasteiger partial charge on any atom is 0.410 e. The molecular weight excluding hydrogens is 354 g/mol. The van der Waals surface area contributed by atoms with Crippen molar-refractivity contribution in [2.24, 2.45) is 5.73 Å². The molecule has 0 saturated carbocycles. The number of nitrogens with two attached hydrogens (primary N) is 1. The molecule has 1 heterocycles. The number of ether oxygens (including phenoxy) is 1. The number of benzene rings is 2. The third-order valence-electron chi connectivity index (χ3n) is 4.80. The zero-order valence-corrected chi connectivity index (χ0v) is 16.9. The predicted octanol–water partition coefficient (Wildman–Crippen LogP) is 3.03. The SMILES string of the molecule is CC(C)(C)OC(=O)N1CCN(C(=O)c2ccc3cc(CCN)ccc3c2)CC1. The number of nitrogens with zero attached hydrogens (tertiary/aromatic N) is 2. The van der Waals surface area contributed by atoms with Crippen LogP contribution < -0.4 is 5.73 Å². The van der Waals surface area contributed by atoms with Crippen LogP contribution in [0, 0.1) is 0 Å². The number of carbonyl (C=O) groups excluding carboxylic acids is 2. The van der Waals surface area contributed by atoms with Gasteiger partial charge in [0.2, 0.25) is 0 Å². The van der Waals surface area contributed by atoms with E-state index in [1.807, 2.05) is 45.0 Å². The first kappa shape index (κ1) is 20.1. The van der Waals surface area contributed by atoms with Gasteiger partial charge in [0.15, 0.2) is 0 Å². The standard InChI is InChI=1S/C22H29N3O3/c1-22(2,3)28-21(27)25-12-10-24(11-13-25)20(26)19-7-6-17-14-16(8-9-23)4-5-18(17)15-19/h4-7,14-15H,8-13,23H2,1-3H3. The van der Waals surface area contributed by atoms with Crippen molar-refractivity contribution in [3.63, 3.8) is 0 Å². The summed E-state index contributed by atoms with van der Waals surface area (Å²) in [5.41, 5.74) is 6.98. The number of hydrogen-bond donors (Lipinski definition) is 1. The van der Waals surface area contributed by atoms with Gasteiger partial charge in [0.05, 0.1) is 0 Å². The second-order valence-corrected chi connectivity index (χ2v) is 8.19. The van der Waals surface area contributed by atoms with Gasteiger partial charge < -0.3 is 20.3 Å². The minimum absolute atomic E-state index is 0.00299. The molecule has 1 fully saturated rings. The molecule has 0 bridgehead atoms. The fourth-order valence-corrected chi connectivity index (χ4v) is 3.35. The minimum atomic E-state index is -0.515. The van der Waals surface area contributed by atoms with E-state index in [0.29, 0.717) is 38.3 Å². The van der Waals surface area contributed by atoms with Crippen molar-refractivity contribution >= 4 is 22.8 Å². The summed E-state index contributed by atoms with van der Waals surface area (Å²) in [4.78, 5) is 28.5. The Bertz CT molecular complexity index is 865. The molecule has 6 heteroatoms. The molecule has 2 aromatic carbocycles. The van der Waals surface area contributed by atoms with E-state index in [2.05, 4.69) is 12.1 Å². The zero-order chi connectivity index (χ0) is 20.3. The third-order valence-corrected chi connectivity index (χ3v) is 4.80. The summed E-state index contributed by atoms with van der Waals surface area (Å²) < 4.78 is 5.41. The topological polar surface area (TPSA) is 75.9 Å². The van der Waals surface area contributed by atoms with Crippen molar-refractivity contribution < 1.29 is 14.3 Å². The lowest BCUT2D eigenvalue weighted by Gasteiger charge is -2.35. The summed E-state index contributed by atoms with van der Waals surface area (Å²) in [5.74, 6) is -0.00299. The summed E-state index contributed by atoms with van der Waals surface area (Å²) in [6, 6.07) is 12.0. The van der Waals surface area contributed by atoms with Gasteiger partial charge in [-0.3, -0.25) is 4.79 Å². The normalized spacial score (nSPS) is 15.0. The largest absolute Gasteiger partial charge is 0.444 e. The molecule has 0 aliphatic carbocycles. The fourth-order valence-electron chi connectivity index (χ4n) is 3.35. The van der Waals surface area contributed by atoms with Crippen molar-refractivity contribution in [1.29, 1.82) is 0 Å². The Morgan fingerprint density at radius 3 is 2.21 bits per heavy atom. The first-order valence-electron chi connectivity index (χ1n) is 9.77. The van der Waals surface area contributed by atoms with Crippen LogP contribution in [0.2, 0.25) is 0 Å². The van der Waals surface area contributed by atoms with E-state index < -0.39 is 5.60 Å². The van der Waals surface area contributed by atoms with Crippen molar-refractivity contribution in [3.8, 4) is 0 Å². The average Bonchev–Trinajstić information content (AvgIpc) is 2.66. The van der Waals surface area contributed by atoms with Crippen molar-refractivity contribution in [2.45, 2.75) is 32.8 Å². The van der Waals surface area contributed by atoms with Gasteiger partial charge in [-0.15, -0.1) is 0 Å². The molecule has 1 saturated heterocycles. The monoisotopic (exact) mass is 383 g/mol. The van der Waals surface area contributed by atoms with Gasteiger partial charge in [-0.05, 0) is 62.2 Å². The summed E-state index contributed by atoms with van der Waals surface area (Å²) >= 11 is 0. The van der Waals surface area contributed by atoms with E-state index in [9.17, 15) is 9.59 Å². The second kappa shape index (κ2) is 8.19. The van der Waals surface area contributed by atoms with E-state index in [-0.39, 0.29) is 12.0 Å². The first-order chi connectivity index (χ1) is 13.3. The fraction of sp³-hybridized carbons (Fsp3) is 0.455. The zero-order valence-electron chi connectivity index (χ0n) is 16.9. The van der Waals surface area contributed by atoms with Crippen LogP contribution in [-0.4, -0.2) is 60.1 Å². The van der Waals surface area contributed by atoms with Gasteiger partial charge >= 0.3 is 6.09 Å². The Morgan fingerprint density at radius 2 is 1.57 bits per heavy atom. The van der Waals surface area contributed by atoms with Crippen molar-refractivity contribution in [1.82, 2.24) is 9.80 Å². The Hall–Kier alpha value is -2.60. The highest BCUT2D eigenvalue weighted by Gasteiger charge is 2.28. The second-order valence-electron chi connectivity index (χ2n) is 8.19. The highest BCUT2D eigenvalue weighted by molar-refractivity contribution is 5.98. The number of piperazine rings is 1. The van der Waals surface area contributed by atoms with Crippen LogP contribution in [0.4, 0.5) is 4.79 Å². The van der Waals surface area contributed by atoms with Gasteiger partial charge in [0, 0.05) is 31.7 Å². The molecule has 0 aromatic heterocycles. The summed E-state index contributed by atoms with van der Waals surface area (Å²) in [6.45, 7) is 8.15. The van der Waals surface area contributed by atoms with Gasteiger partial charge in [-0.25, -0.2) is 4.79 Å². The molecule has 0 radical (unpaired) electrons. The van der Waals surface area contributed by atoms with Gasteiger partial charge in [-0.2, -0.15) is 0 Å². The predicted molar refractivity (Wildman–Crippen MR) is 110 cm³/mol. The summed E-state index contributed by atoms with van der Waals surface area (Å²) in [5, 5.41) is 2.15. The number of carbonyl (C=O) groups is 2. The third kappa shape index (κ3) is 4.81. The highest BCUT2D eigenvalue weighted by atomic mass is 16.6. The van der Waals surface area contributed by atoms with Gasteiger partial charge in [-0.1, -0.05) is 24.3 Å². The molecule has 6 nitrogen and oxygen atoms in total. The lowest BCUT2D eigenvalue weighted by molar-refractivity contribution is 0.0141. The van der Waals surface area contributed by atoms with Crippen molar-refractivity contribution in [2.75, 3.05) is 32.7 Å². The van der Waals surface area contributed by atoms with E-state index in [0.717, 1.165) is 17.2 Å². The van der Waals surface area contributed by atoms with Crippen LogP contribution in [0.1, 0.15) is 36.7 Å². The van der Waals surface area contributed by atoms with Crippen LogP contribution in [0.15, 0.2) is 36.4 Å². The number of amides is 2. The van der Waals surface area contributed by atoms with E-state index in [4.69, 9.17) is 10.5 Å². The van der Waals surface area contributed by atoms with E-state index >= 15 is 0 Å². The van der Waals surface area contributed by atoms with Crippen LogP contribution in [0.5, 0.6) is 0 Å². The minimum Gasteiger partial charge on any atom is -0.444 e. The Morgan fingerprint density at radius 1 is 0.964 bits per heavy atom. The maximum atomic E-state index is 12.9. The van der Waals surface area contributed by atoms with Gasteiger partial charge in [0.25, 0.3) is 5.91 Å². The number of rotatable bonds is 3. The average molecular weight is 383 g/mol. The molecule has 0 unspecified atom stereocenters. The van der Waals surface area contributed by atoms with Crippen LogP contribution >= 0.6 is 0 Å². The van der Waals surface area contributed by atoms with E-state index in [1.54, 1.807) is 9.80 Å². The first-order valence-corrected chi connectivity index (χ1v) is 9.77. The van der Waals surface area contributed by atoms with Gasteiger partial charge in [0.1, 0.15) is 5.60 Å². The quantitative estimate of drug-likeness (QED) is 0.884. The summed E-state index contributed by atoms with van der Waals surface area (Å²) in [6.07, 6.45) is 0.525. The van der Waals surface area contributed by atoms with Crippen LogP contribution in [0.3, 0.4) is 0 Å². The molecule has 150 valence electrons. The highest BCUT2D eigenvalue weighted by Crippen LogP contribution is 2.20. The molecule has 2 N–H and O–H groups in total. The molecule has 1 aliphatic heterocycles. The molecule has 2 aromatic rings. The smallest absolute Gasteiger partial charge is 0.410 e. The molecule has 0 spiro atoms. The van der Waals surface area contributed by atoms with Crippen LogP contribution in [-0.2, 0) is 11.2 Å². The Labute approximate surface area is 166 Å². The van der Waals surface area contributed by atoms with E-state index in [1.165, 1.54) is 5.56 Å². The Kier molecular flexibility index (Phi) is 5.89.